The third-order valence-electron chi connectivity index (χ3n) is 5.18. The molecule has 1 aliphatic rings. The summed E-state index contributed by atoms with van der Waals surface area (Å²) in [5, 5.41) is 0. The summed E-state index contributed by atoms with van der Waals surface area (Å²) in [6, 6.07) is 7.66. The minimum absolute atomic E-state index is 0.0147. The van der Waals surface area contributed by atoms with E-state index in [0.29, 0.717) is 30.2 Å². The predicted molar refractivity (Wildman–Crippen MR) is 114 cm³/mol. The number of nitrogens with two attached hydrogens (primary N) is 1. The van der Waals surface area contributed by atoms with Crippen molar-refractivity contribution in [2.75, 3.05) is 13.7 Å². The van der Waals surface area contributed by atoms with Gasteiger partial charge in [-0.25, -0.2) is 4.79 Å². The first-order chi connectivity index (χ1) is 14.1. The first kappa shape index (κ1) is 21.6. The van der Waals surface area contributed by atoms with Crippen molar-refractivity contribution < 1.29 is 19.1 Å². The molecule has 2 heterocycles. The highest BCUT2D eigenvalue weighted by atomic mass is 16.6. The van der Waals surface area contributed by atoms with E-state index in [4.69, 9.17) is 15.2 Å². The Hall–Kier alpha value is -3.09. The molecule has 0 bridgehead atoms. The number of rotatable bonds is 7. The number of aromatic nitrogens is 1. The second-order valence-electron chi connectivity index (χ2n) is 8.58. The molecule has 1 aliphatic heterocycles. The van der Waals surface area contributed by atoms with Crippen LogP contribution < -0.4 is 10.5 Å². The number of amides is 2. The maximum atomic E-state index is 12.5. The van der Waals surface area contributed by atoms with Gasteiger partial charge in [-0.2, -0.15) is 0 Å². The fourth-order valence-electron chi connectivity index (χ4n) is 4.04. The normalized spacial score (nSPS) is 15.1. The number of carbonyl (C=O) groups is 2. The lowest BCUT2D eigenvalue weighted by atomic mass is 9.94. The average Bonchev–Trinajstić information content (AvgIpc) is 2.93. The number of aryl methyl sites for hydroxylation is 1. The average molecular weight is 412 g/mol. The summed E-state index contributed by atoms with van der Waals surface area (Å²) in [7, 11) is 1.78. The van der Waals surface area contributed by atoms with Gasteiger partial charge >= 0.3 is 6.09 Å². The first-order valence-electron chi connectivity index (χ1n) is 10.1. The Bertz CT molecular complexity index is 973. The molecule has 7 nitrogen and oxygen atoms in total. The molecule has 7 heteroatoms. The zero-order valence-electron chi connectivity index (χ0n) is 18.2. The number of nitrogens with zero attached hydrogens (tertiary/aromatic N) is 2. The van der Waals surface area contributed by atoms with Crippen LogP contribution in [0, 0.1) is 12.8 Å². The molecule has 1 aromatic carbocycles. The van der Waals surface area contributed by atoms with Crippen molar-refractivity contribution in [3.8, 4) is 16.9 Å². The van der Waals surface area contributed by atoms with Crippen LogP contribution in [-0.2, 0) is 11.3 Å². The Morgan fingerprint density at radius 1 is 1.33 bits per heavy atom. The van der Waals surface area contributed by atoms with Gasteiger partial charge in [0.2, 0.25) is 0 Å². The third-order valence-corrected chi connectivity index (χ3v) is 5.18. The van der Waals surface area contributed by atoms with Gasteiger partial charge in [0.05, 0.1) is 17.8 Å². The summed E-state index contributed by atoms with van der Waals surface area (Å²) in [5.74, 6) is 0.987. The summed E-state index contributed by atoms with van der Waals surface area (Å²) >= 11 is 0. The van der Waals surface area contributed by atoms with E-state index in [1.54, 1.807) is 18.1 Å². The molecular weight excluding hydrogens is 382 g/mol. The van der Waals surface area contributed by atoms with Gasteiger partial charge in [-0.1, -0.05) is 19.9 Å². The van der Waals surface area contributed by atoms with E-state index >= 15 is 0 Å². The number of fused-ring (bicyclic) bond motifs is 1. The predicted octanol–water partition coefficient (Wildman–Crippen LogP) is 3.92. The van der Waals surface area contributed by atoms with Crippen molar-refractivity contribution in [2.24, 2.45) is 11.7 Å². The molecule has 1 aromatic heterocycles. The Labute approximate surface area is 177 Å². The van der Waals surface area contributed by atoms with Gasteiger partial charge in [-0.3, -0.25) is 9.78 Å². The van der Waals surface area contributed by atoms with Gasteiger partial charge in [-0.15, -0.1) is 0 Å². The van der Waals surface area contributed by atoms with E-state index in [2.05, 4.69) is 18.8 Å². The maximum absolute atomic E-state index is 12.5. The van der Waals surface area contributed by atoms with Crippen molar-refractivity contribution in [3.63, 3.8) is 0 Å². The van der Waals surface area contributed by atoms with Gasteiger partial charge in [0.15, 0.2) is 0 Å². The molecule has 30 heavy (non-hydrogen) atoms. The molecule has 1 atom stereocenters. The summed E-state index contributed by atoms with van der Waals surface area (Å²) in [5.41, 5.74) is 8.61. The molecule has 0 saturated carbocycles. The number of hydrogen-bond acceptors (Lipinski definition) is 5. The molecule has 2 N–H and O–H groups in total. The second kappa shape index (κ2) is 8.34. The smallest absolute Gasteiger partial charge is 0.405 e. The van der Waals surface area contributed by atoms with Crippen molar-refractivity contribution in [2.45, 2.75) is 46.3 Å². The van der Waals surface area contributed by atoms with E-state index in [-0.39, 0.29) is 12.5 Å². The number of pyridine rings is 1. The minimum atomic E-state index is -0.811. The number of hydrogen-bond donors (Lipinski definition) is 1. The van der Waals surface area contributed by atoms with E-state index in [9.17, 15) is 9.59 Å². The van der Waals surface area contributed by atoms with E-state index in [0.717, 1.165) is 22.4 Å². The van der Waals surface area contributed by atoms with Gasteiger partial charge in [0.1, 0.15) is 18.0 Å². The molecule has 0 aliphatic carbocycles. The zero-order valence-corrected chi connectivity index (χ0v) is 18.2. The van der Waals surface area contributed by atoms with Crippen LogP contribution in [0.5, 0.6) is 5.75 Å². The molecule has 0 spiro atoms. The summed E-state index contributed by atoms with van der Waals surface area (Å²) in [4.78, 5) is 29.9. The lowest BCUT2D eigenvalue weighted by Crippen LogP contribution is -2.41. The topological polar surface area (TPSA) is 94.8 Å². The van der Waals surface area contributed by atoms with E-state index in [1.807, 2.05) is 38.1 Å². The summed E-state index contributed by atoms with van der Waals surface area (Å²) in [6.45, 7) is 8.59. The molecule has 160 valence electrons. The van der Waals surface area contributed by atoms with Crippen LogP contribution in [0.4, 0.5) is 4.79 Å². The minimum Gasteiger partial charge on any atom is -0.489 e. The van der Waals surface area contributed by atoms with Gasteiger partial charge < -0.3 is 20.1 Å². The van der Waals surface area contributed by atoms with Crippen LogP contribution >= 0.6 is 0 Å². The zero-order chi connectivity index (χ0) is 22.1. The lowest BCUT2D eigenvalue weighted by Gasteiger charge is -2.30. The first-order valence-corrected chi connectivity index (χ1v) is 10.1. The van der Waals surface area contributed by atoms with Crippen LogP contribution in [0.25, 0.3) is 11.1 Å². The standard InChI is InChI=1S/C23H29N3O4/c1-14(2)11-23(4,30-22(24)28)13-29-19-7-6-16(10-15(19)3)17-8-9-25-18-12-26(5)21(27)20(17)18/h6-10,14H,11-13H2,1-5H3,(H2,24,28). The number of ether oxygens (including phenoxy) is 2. The van der Waals surface area contributed by atoms with Gasteiger partial charge in [-0.05, 0) is 61.1 Å². The Morgan fingerprint density at radius 3 is 2.70 bits per heavy atom. The van der Waals surface area contributed by atoms with Crippen molar-refractivity contribution >= 4 is 12.0 Å². The monoisotopic (exact) mass is 411 g/mol. The van der Waals surface area contributed by atoms with E-state index in [1.165, 1.54) is 0 Å². The maximum Gasteiger partial charge on any atom is 0.405 e. The molecule has 2 aromatic rings. The third kappa shape index (κ3) is 4.56. The van der Waals surface area contributed by atoms with Gasteiger partial charge in [0, 0.05) is 13.2 Å². The van der Waals surface area contributed by atoms with Crippen LogP contribution in [0.15, 0.2) is 30.5 Å². The number of primary amides is 1. The molecule has 0 radical (unpaired) electrons. The van der Waals surface area contributed by atoms with Crippen molar-refractivity contribution in [1.29, 1.82) is 0 Å². The Balaban J connectivity index is 1.83. The van der Waals surface area contributed by atoms with Crippen molar-refractivity contribution in [1.82, 2.24) is 9.88 Å². The van der Waals surface area contributed by atoms with Crippen LogP contribution in [0.1, 0.15) is 48.8 Å². The highest BCUT2D eigenvalue weighted by Gasteiger charge is 2.31. The van der Waals surface area contributed by atoms with Crippen LogP contribution in [-0.4, -0.2) is 41.1 Å². The van der Waals surface area contributed by atoms with Gasteiger partial charge in [0.25, 0.3) is 5.91 Å². The number of carbonyl (C=O) groups excluding carboxylic acids is 2. The Kier molecular flexibility index (Phi) is 6.01. The van der Waals surface area contributed by atoms with Crippen LogP contribution in [0.3, 0.4) is 0 Å². The molecule has 2 amide bonds. The highest BCUT2D eigenvalue weighted by Crippen LogP contribution is 2.33. The lowest BCUT2D eigenvalue weighted by molar-refractivity contribution is -0.0187. The summed E-state index contributed by atoms with van der Waals surface area (Å²) in [6.07, 6.45) is 1.56. The quantitative estimate of drug-likeness (QED) is 0.745. The summed E-state index contributed by atoms with van der Waals surface area (Å²) < 4.78 is 11.3. The largest absolute Gasteiger partial charge is 0.489 e. The highest BCUT2D eigenvalue weighted by molar-refractivity contribution is 6.03. The van der Waals surface area contributed by atoms with Crippen molar-refractivity contribution in [3.05, 3.63) is 47.3 Å². The molecule has 0 fully saturated rings. The number of benzene rings is 1. The SMILES string of the molecule is Cc1cc(-c2ccnc3c2C(=O)N(C)C3)ccc1OCC(C)(CC(C)C)OC(N)=O. The molecule has 3 rings (SSSR count). The fraction of sp³-hybridized carbons (Fsp3) is 0.435. The van der Waals surface area contributed by atoms with Crippen LogP contribution in [0.2, 0.25) is 0 Å². The Morgan fingerprint density at radius 2 is 2.07 bits per heavy atom. The molecule has 0 saturated heterocycles. The fourth-order valence-corrected chi connectivity index (χ4v) is 4.04. The molecule has 1 unspecified atom stereocenters. The van der Waals surface area contributed by atoms with E-state index < -0.39 is 11.7 Å². The second-order valence-corrected chi connectivity index (χ2v) is 8.58. The molecular formula is C23H29N3O4.